The number of benzene rings is 3. The van der Waals surface area contributed by atoms with Gasteiger partial charge in [0.1, 0.15) is 0 Å². The van der Waals surface area contributed by atoms with Gasteiger partial charge in [0.15, 0.2) is 0 Å². The van der Waals surface area contributed by atoms with Gasteiger partial charge >= 0.3 is 6.18 Å². The van der Waals surface area contributed by atoms with Gasteiger partial charge in [-0.15, -0.1) is 0 Å². The summed E-state index contributed by atoms with van der Waals surface area (Å²) in [4.78, 5) is 1.04. The van der Waals surface area contributed by atoms with Crippen molar-refractivity contribution in [2.45, 2.75) is 38.4 Å². The highest BCUT2D eigenvalue weighted by atomic mass is 32.2. The minimum atomic E-state index is -4.40. The number of alkyl halides is 3. The van der Waals surface area contributed by atoms with Crippen LogP contribution in [0, 0.1) is 20.8 Å². The summed E-state index contributed by atoms with van der Waals surface area (Å²) in [5.74, 6) is 0. The van der Waals surface area contributed by atoms with Crippen molar-refractivity contribution in [3.05, 3.63) is 88.5 Å². The third kappa shape index (κ3) is 5.30. The van der Waals surface area contributed by atoms with Crippen LogP contribution in [0.15, 0.2) is 69.9 Å². The van der Waals surface area contributed by atoms with Crippen molar-refractivity contribution in [1.82, 2.24) is 0 Å². The molecule has 0 aliphatic heterocycles. The van der Waals surface area contributed by atoms with E-state index < -0.39 is 22.4 Å². The van der Waals surface area contributed by atoms with Crippen LogP contribution in [-0.2, 0) is 23.4 Å². The lowest BCUT2D eigenvalue weighted by atomic mass is 9.99. The Kier molecular flexibility index (Phi) is 6.66. The van der Waals surface area contributed by atoms with Crippen LogP contribution in [0.2, 0.25) is 0 Å². The van der Waals surface area contributed by atoms with E-state index in [4.69, 9.17) is 4.36 Å². The van der Waals surface area contributed by atoms with Crippen LogP contribution in [0.25, 0.3) is 0 Å². The van der Waals surface area contributed by atoms with Gasteiger partial charge in [0.25, 0.3) is 0 Å². The zero-order valence-electron chi connectivity index (χ0n) is 17.5. The first-order valence-electron chi connectivity index (χ1n) is 9.60. The van der Waals surface area contributed by atoms with Crippen LogP contribution in [0.1, 0.15) is 27.8 Å². The fourth-order valence-corrected chi connectivity index (χ4v) is 4.53. The molecule has 1 N–H and O–H groups in total. The summed E-state index contributed by atoms with van der Waals surface area (Å²) >= 11 is 0. The Bertz CT molecular complexity index is 1050. The molecule has 1 unspecified atom stereocenters. The lowest BCUT2D eigenvalue weighted by molar-refractivity contribution is -0.137. The summed E-state index contributed by atoms with van der Waals surface area (Å²) in [6.07, 6.45) is -2.44. The van der Waals surface area contributed by atoms with Crippen molar-refractivity contribution >= 4 is 22.1 Å². The van der Waals surface area contributed by atoms with Crippen LogP contribution >= 0.6 is 0 Å². The van der Waals surface area contributed by atoms with Gasteiger partial charge in [0.05, 0.1) is 16.9 Å². The number of hydrogen-bond donors (Lipinski definition) is 1. The predicted octanol–water partition coefficient (Wildman–Crippen LogP) is 7.37. The number of aryl methyl sites for hydroxylation is 3. The molecular formula is C24H25F3N2S. The van der Waals surface area contributed by atoms with E-state index in [1.165, 1.54) is 11.6 Å². The maximum absolute atomic E-state index is 13.3. The monoisotopic (exact) mass is 430 g/mol. The van der Waals surface area contributed by atoms with Crippen LogP contribution in [0.4, 0.5) is 24.5 Å². The first kappa shape index (κ1) is 22.1. The maximum Gasteiger partial charge on any atom is 0.416 e. The molecule has 0 aromatic heterocycles. The summed E-state index contributed by atoms with van der Waals surface area (Å²) in [5.41, 5.74) is 4.72. The number of hydrogen-bond acceptors (Lipinski definition) is 2. The molecule has 3 aromatic carbocycles. The van der Waals surface area contributed by atoms with E-state index in [2.05, 4.69) is 17.4 Å². The Labute approximate surface area is 178 Å². The molecule has 0 bridgehead atoms. The second-order valence-electron chi connectivity index (χ2n) is 7.34. The van der Waals surface area contributed by atoms with Crippen molar-refractivity contribution in [2.75, 3.05) is 11.6 Å². The third-order valence-electron chi connectivity index (χ3n) is 4.94. The van der Waals surface area contributed by atoms with Gasteiger partial charge in [-0.25, -0.2) is 4.36 Å². The lowest BCUT2D eigenvalue weighted by Gasteiger charge is -2.16. The normalized spacial score (nSPS) is 12.8. The molecule has 0 aliphatic carbocycles. The Morgan fingerprint density at radius 3 is 2.13 bits per heavy atom. The molecule has 3 aromatic rings. The summed E-state index contributed by atoms with van der Waals surface area (Å²) in [6.45, 7) is 6.51. The van der Waals surface area contributed by atoms with E-state index in [0.29, 0.717) is 17.9 Å². The summed E-state index contributed by atoms with van der Waals surface area (Å²) in [7, 11) is -0.479. The Hall–Kier alpha value is -2.60. The molecule has 30 heavy (non-hydrogen) atoms. The van der Waals surface area contributed by atoms with Crippen molar-refractivity contribution in [3.63, 3.8) is 0 Å². The number of rotatable bonds is 5. The number of halogens is 3. The highest BCUT2D eigenvalue weighted by molar-refractivity contribution is 7.86. The van der Waals surface area contributed by atoms with Crippen LogP contribution in [0.5, 0.6) is 0 Å². The molecule has 0 saturated heterocycles. The summed E-state index contributed by atoms with van der Waals surface area (Å²) in [5, 5.41) is 3.21. The molecular weight excluding hydrogens is 405 g/mol. The van der Waals surface area contributed by atoms with Gasteiger partial charge in [-0.2, -0.15) is 13.2 Å². The molecule has 0 amide bonds. The molecule has 3 rings (SSSR count). The Morgan fingerprint density at radius 1 is 0.900 bits per heavy atom. The third-order valence-corrected chi connectivity index (χ3v) is 6.36. The van der Waals surface area contributed by atoms with Gasteiger partial charge in [-0.05, 0) is 74.0 Å². The average Bonchev–Trinajstić information content (AvgIpc) is 2.68. The fourth-order valence-electron chi connectivity index (χ4n) is 3.42. The smallest absolute Gasteiger partial charge is 0.379 e. The Balaban J connectivity index is 1.98. The minimum absolute atomic E-state index is 0.388. The van der Waals surface area contributed by atoms with E-state index in [1.807, 2.05) is 57.4 Å². The molecule has 0 radical (unpaired) electrons. The molecule has 0 spiro atoms. The molecule has 0 aliphatic rings. The zero-order valence-corrected chi connectivity index (χ0v) is 18.3. The van der Waals surface area contributed by atoms with Gasteiger partial charge in [0.2, 0.25) is 0 Å². The molecule has 2 nitrogen and oxygen atoms in total. The number of nitrogens with zero attached hydrogens (tertiary/aromatic N) is 1. The second-order valence-corrected chi connectivity index (χ2v) is 8.95. The van der Waals surface area contributed by atoms with Crippen LogP contribution < -0.4 is 5.32 Å². The van der Waals surface area contributed by atoms with Gasteiger partial charge in [-0.3, -0.25) is 0 Å². The van der Waals surface area contributed by atoms with Gasteiger partial charge in [0, 0.05) is 11.4 Å². The lowest BCUT2D eigenvalue weighted by Crippen LogP contribution is -2.08. The predicted molar refractivity (Wildman–Crippen MR) is 120 cm³/mol. The second kappa shape index (κ2) is 9.04. The summed E-state index contributed by atoms with van der Waals surface area (Å²) in [6, 6.07) is 17.6. The Morgan fingerprint density at radius 2 is 1.53 bits per heavy atom. The molecule has 0 heterocycles. The molecule has 6 heteroatoms. The van der Waals surface area contributed by atoms with Crippen LogP contribution in [0.3, 0.4) is 0 Å². The largest absolute Gasteiger partial charge is 0.416 e. The first-order chi connectivity index (χ1) is 14.1. The van der Waals surface area contributed by atoms with E-state index in [9.17, 15) is 13.2 Å². The quantitative estimate of drug-likeness (QED) is 0.449. The van der Waals surface area contributed by atoms with Crippen molar-refractivity contribution in [2.24, 2.45) is 4.36 Å². The highest BCUT2D eigenvalue weighted by Crippen LogP contribution is 2.36. The topological polar surface area (TPSA) is 24.4 Å². The maximum atomic E-state index is 13.3. The minimum Gasteiger partial charge on any atom is -0.379 e. The van der Waals surface area contributed by atoms with E-state index in [-0.39, 0.29) is 0 Å². The highest BCUT2D eigenvalue weighted by Gasteiger charge is 2.31. The average molecular weight is 431 g/mol. The zero-order chi connectivity index (χ0) is 21.9. The van der Waals surface area contributed by atoms with Crippen molar-refractivity contribution in [1.29, 1.82) is 0 Å². The van der Waals surface area contributed by atoms with Crippen LogP contribution in [-0.4, -0.2) is 6.26 Å². The van der Waals surface area contributed by atoms with E-state index in [1.54, 1.807) is 0 Å². The molecule has 0 saturated carbocycles. The SMILES string of the molecule is Cc1cc(C)c(CNc2cc(C(F)(F)F)ccc2N=S(C)c2ccccc2)c(C)c1. The number of anilines is 1. The summed E-state index contributed by atoms with van der Waals surface area (Å²) < 4.78 is 44.6. The van der Waals surface area contributed by atoms with Gasteiger partial charge in [-0.1, -0.05) is 46.6 Å². The fraction of sp³-hybridized carbons (Fsp3) is 0.250. The molecule has 1 atom stereocenters. The van der Waals surface area contributed by atoms with E-state index in [0.717, 1.165) is 33.7 Å². The van der Waals surface area contributed by atoms with Crippen molar-refractivity contribution in [3.8, 4) is 0 Å². The van der Waals surface area contributed by atoms with Crippen molar-refractivity contribution < 1.29 is 13.2 Å². The first-order valence-corrected chi connectivity index (χ1v) is 11.2. The standard InChI is InChI=1S/C24H25F3N2S/c1-16-12-17(2)21(18(3)13-16)15-28-23-14-19(24(25,26)27)10-11-22(23)29-30(4)20-8-6-5-7-9-20/h5-14,28H,15H2,1-4H3. The number of nitrogens with one attached hydrogen (secondary N) is 1. The van der Waals surface area contributed by atoms with E-state index >= 15 is 0 Å². The molecule has 0 fully saturated rings. The molecule has 158 valence electrons. The van der Waals surface area contributed by atoms with Gasteiger partial charge < -0.3 is 5.32 Å².